The third kappa shape index (κ3) is 3.22. The monoisotopic (exact) mass is 389 g/mol. The van der Waals surface area contributed by atoms with Gasteiger partial charge in [-0.25, -0.2) is 18.7 Å². The molecule has 3 aromatic heterocycles. The second kappa shape index (κ2) is 6.22. The lowest BCUT2D eigenvalue weighted by molar-refractivity contribution is 0.0257. The Hall–Kier alpha value is -2.58. The fraction of sp³-hybridized carbons (Fsp3) is 0.579. The van der Waals surface area contributed by atoms with Gasteiger partial charge in [-0.3, -0.25) is 0 Å². The highest BCUT2D eigenvalue weighted by atomic mass is 19.3. The van der Waals surface area contributed by atoms with Crippen LogP contribution in [0.15, 0.2) is 12.3 Å². The summed E-state index contributed by atoms with van der Waals surface area (Å²) in [6, 6.07) is 1.90. The van der Waals surface area contributed by atoms with Gasteiger partial charge in [0.25, 0.3) is 5.92 Å². The van der Waals surface area contributed by atoms with Gasteiger partial charge in [-0.05, 0) is 13.0 Å². The van der Waals surface area contributed by atoms with E-state index in [1.807, 2.05) is 56.1 Å². The Morgan fingerprint density at radius 3 is 2.50 bits per heavy atom. The number of hydrogen-bond acceptors (Lipinski definition) is 5. The maximum Gasteiger partial charge on any atom is 0.266 e. The number of anilines is 1. The van der Waals surface area contributed by atoms with Crippen LogP contribution in [-0.4, -0.2) is 48.3 Å². The van der Waals surface area contributed by atoms with Crippen molar-refractivity contribution in [3.8, 4) is 0 Å². The predicted octanol–water partition coefficient (Wildman–Crippen LogP) is 3.06. The molecule has 1 fully saturated rings. The molecule has 150 valence electrons. The molecule has 9 heteroatoms. The zero-order valence-electron chi connectivity index (χ0n) is 16.9. The van der Waals surface area contributed by atoms with Crippen LogP contribution in [0.2, 0.25) is 0 Å². The first-order valence-corrected chi connectivity index (χ1v) is 9.40. The molecule has 0 saturated carbocycles. The Morgan fingerprint density at radius 1 is 1.18 bits per heavy atom. The van der Waals surface area contributed by atoms with Crippen LogP contribution in [0.5, 0.6) is 0 Å². The normalized spacial score (nSPS) is 17.0. The van der Waals surface area contributed by atoms with E-state index < -0.39 is 5.92 Å². The number of nitrogens with zero attached hydrogens (tertiary/aromatic N) is 7. The van der Waals surface area contributed by atoms with Crippen molar-refractivity contribution in [3.05, 3.63) is 29.7 Å². The third-order valence-corrected chi connectivity index (χ3v) is 5.23. The summed E-state index contributed by atoms with van der Waals surface area (Å²) in [5.41, 5.74) is 0.424. The number of hydrogen-bond donors (Lipinski definition) is 0. The zero-order chi connectivity index (χ0) is 20.3. The molecule has 1 aliphatic heterocycles. The van der Waals surface area contributed by atoms with Gasteiger partial charge in [0, 0.05) is 31.6 Å². The topological polar surface area (TPSA) is 64.7 Å². The van der Waals surface area contributed by atoms with Gasteiger partial charge in [0.05, 0.1) is 18.5 Å². The summed E-state index contributed by atoms with van der Waals surface area (Å²) >= 11 is 0. The van der Waals surface area contributed by atoms with E-state index in [2.05, 4.69) is 10.2 Å². The molecule has 0 bridgehead atoms. The molecule has 3 aromatic rings. The number of aromatic nitrogens is 6. The molecule has 0 amide bonds. The standard InChI is InChI=1S/C19H25F2N7/c1-12-24-25-14(26(12)5)10-27-8-6-13-15(27)22-17(18(2,3)4)23-16(13)28-9-7-19(20,21)11-28/h6,8H,7,9-11H2,1-5H3. The van der Waals surface area contributed by atoms with Gasteiger partial charge in [0.2, 0.25) is 0 Å². The van der Waals surface area contributed by atoms with Gasteiger partial charge in [0.1, 0.15) is 23.1 Å². The highest BCUT2D eigenvalue weighted by Crippen LogP contribution is 2.35. The maximum absolute atomic E-state index is 13.8. The van der Waals surface area contributed by atoms with Crippen molar-refractivity contribution in [2.24, 2.45) is 7.05 Å². The number of fused-ring (bicyclic) bond motifs is 1. The molecule has 0 atom stereocenters. The average molecular weight is 389 g/mol. The average Bonchev–Trinajstić information content (AvgIpc) is 3.27. The lowest BCUT2D eigenvalue weighted by Gasteiger charge is -2.23. The Morgan fingerprint density at radius 2 is 1.93 bits per heavy atom. The molecule has 0 spiro atoms. The fourth-order valence-corrected chi connectivity index (χ4v) is 3.41. The molecule has 4 rings (SSSR count). The van der Waals surface area contributed by atoms with E-state index in [0.29, 0.717) is 18.2 Å². The van der Waals surface area contributed by atoms with E-state index in [0.717, 1.165) is 22.7 Å². The Kier molecular flexibility index (Phi) is 4.17. The fourth-order valence-electron chi connectivity index (χ4n) is 3.41. The summed E-state index contributed by atoms with van der Waals surface area (Å²) in [5.74, 6) is 0.175. The third-order valence-electron chi connectivity index (χ3n) is 5.23. The van der Waals surface area contributed by atoms with Crippen LogP contribution in [0.1, 0.15) is 44.7 Å². The minimum absolute atomic E-state index is 0.151. The first kappa shape index (κ1) is 18.8. The molecular formula is C19H25F2N7. The summed E-state index contributed by atoms with van der Waals surface area (Å²) in [7, 11) is 1.92. The van der Waals surface area contributed by atoms with Crippen molar-refractivity contribution in [2.45, 2.75) is 52.0 Å². The van der Waals surface area contributed by atoms with Crippen molar-refractivity contribution >= 4 is 16.9 Å². The molecule has 0 N–H and O–H groups in total. The first-order valence-electron chi connectivity index (χ1n) is 9.40. The van der Waals surface area contributed by atoms with Gasteiger partial charge in [0.15, 0.2) is 5.82 Å². The summed E-state index contributed by atoms with van der Waals surface area (Å²) in [5, 5.41) is 9.11. The van der Waals surface area contributed by atoms with Crippen molar-refractivity contribution in [1.29, 1.82) is 0 Å². The molecule has 0 aromatic carbocycles. The Bertz CT molecular complexity index is 1030. The summed E-state index contributed by atoms with van der Waals surface area (Å²) < 4.78 is 31.6. The number of aryl methyl sites for hydroxylation is 1. The minimum atomic E-state index is -2.68. The zero-order valence-corrected chi connectivity index (χ0v) is 16.9. The van der Waals surface area contributed by atoms with Crippen LogP contribution in [0.25, 0.3) is 11.0 Å². The van der Waals surface area contributed by atoms with Crippen molar-refractivity contribution in [3.63, 3.8) is 0 Å². The van der Waals surface area contributed by atoms with Gasteiger partial charge < -0.3 is 14.0 Å². The second-order valence-corrected chi connectivity index (χ2v) is 8.55. The van der Waals surface area contributed by atoms with Crippen LogP contribution in [0.3, 0.4) is 0 Å². The molecule has 0 unspecified atom stereocenters. The molecule has 7 nitrogen and oxygen atoms in total. The lowest BCUT2D eigenvalue weighted by Crippen LogP contribution is -2.27. The second-order valence-electron chi connectivity index (χ2n) is 8.55. The molecule has 4 heterocycles. The first-order chi connectivity index (χ1) is 13.0. The summed E-state index contributed by atoms with van der Waals surface area (Å²) in [4.78, 5) is 11.2. The highest BCUT2D eigenvalue weighted by Gasteiger charge is 2.40. The van der Waals surface area contributed by atoms with Crippen LogP contribution in [-0.2, 0) is 19.0 Å². The van der Waals surface area contributed by atoms with E-state index in [-0.39, 0.29) is 24.9 Å². The molecular weight excluding hydrogens is 364 g/mol. The Balaban J connectivity index is 1.83. The van der Waals surface area contributed by atoms with Crippen molar-refractivity contribution < 1.29 is 8.78 Å². The predicted molar refractivity (Wildman–Crippen MR) is 103 cm³/mol. The van der Waals surface area contributed by atoms with Gasteiger partial charge in [-0.2, -0.15) is 0 Å². The smallest absolute Gasteiger partial charge is 0.266 e. The number of halogens is 2. The Labute approximate surface area is 162 Å². The minimum Gasteiger partial charge on any atom is -0.350 e. The highest BCUT2D eigenvalue weighted by molar-refractivity contribution is 5.88. The molecule has 0 aliphatic carbocycles. The van der Waals surface area contributed by atoms with Crippen molar-refractivity contribution in [1.82, 2.24) is 29.3 Å². The van der Waals surface area contributed by atoms with Gasteiger partial charge in [-0.1, -0.05) is 20.8 Å². The number of alkyl halides is 2. The SMILES string of the molecule is Cc1nnc(Cn2ccc3c(N4CCC(F)(F)C4)nc(C(C)(C)C)nc32)n1C. The van der Waals surface area contributed by atoms with E-state index >= 15 is 0 Å². The van der Waals surface area contributed by atoms with E-state index in [4.69, 9.17) is 9.97 Å². The van der Waals surface area contributed by atoms with E-state index in [9.17, 15) is 8.78 Å². The largest absolute Gasteiger partial charge is 0.350 e. The van der Waals surface area contributed by atoms with Crippen LogP contribution in [0.4, 0.5) is 14.6 Å². The molecule has 1 saturated heterocycles. The maximum atomic E-state index is 13.8. The summed E-state index contributed by atoms with van der Waals surface area (Å²) in [6.45, 7) is 8.45. The quantitative estimate of drug-likeness (QED) is 0.689. The number of rotatable bonds is 3. The van der Waals surface area contributed by atoms with Gasteiger partial charge in [-0.15, -0.1) is 10.2 Å². The summed E-state index contributed by atoms with van der Waals surface area (Å²) in [6.07, 6.45) is 1.76. The molecule has 0 radical (unpaired) electrons. The van der Waals surface area contributed by atoms with E-state index in [1.54, 1.807) is 4.90 Å². The van der Waals surface area contributed by atoms with Crippen LogP contribution in [0, 0.1) is 6.92 Å². The van der Waals surface area contributed by atoms with Gasteiger partial charge >= 0.3 is 0 Å². The van der Waals surface area contributed by atoms with Crippen LogP contribution >= 0.6 is 0 Å². The molecule has 1 aliphatic rings. The van der Waals surface area contributed by atoms with Crippen molar-refractivity contribution in [2.75, 3.05) is 18.0 Å². The lowest BCUT2D eigenvalue weighted by atomic mass is 9.95. The molecule has 28 heavy (non-hydrogen) atoms. The van der Waals surface area contributed by atoms with Crippen LogP contribution < -0.4 is 4.90 Å². The van der Waals surface area contributed by atoms with E-state index in [1.165, 1.54) is 0 Å².